The van der Waals surface area contributed by atoms with E-state index in [1.807, 2.05) is 12.1 Å². The minimum absolute atomic E-state index is 0.0359. The lowest BCUT2D eigenvalue weighted by Gasteiger charge is -2.30. The van der Waals surface area contributed by atoms with Crippen LogP contribution in [0.5, 0.6) is 0 Å². The van der Waals surface area contributed by atoms with Gasteiger partial charge in [-0.15, -0.1) is 0 Å². The predicted molar refractivity (Wildman–Crippen MR) is 123 cm³/mol. The number of rotatable bonds is 7. The van der Waals surface area contributed by atoms with Crippen LogP contribution in [0, 0.1) is 5.92 Å². The van der Waals surface area contributed by atoms with Gasteiger partial charge in [0.25, 0.3) is 0 Å². The Hall–Kier alpha value is -2.27. The molecule has 2 aromatic rings. The number of nitrogens with one attached hydrogen (secondary N) is 1. The van der Waals surface area contributed by atoms with E-state index < -0.39 is 20.0 Å². The average Bonchev–Trinajstić information content (AvgIpc) is 2.78. The molecule has 3 N–H and O–H groups in total. The quantitative estimate of drug-likeness (QED) is 0.631. The first-order valence-corrected chi connectivity index (χ1v) is 13.5. The number of nitrogens with zero attached hydrogens (tertiary/aromatic N) is 1. The molecule has 3 rings (SSSR count). The summed E-state index contributed by atoms with van der Waals surface area (Å²) in [6.45, 7) is 4.72. The SMILES string of the molecule is CCC(C)c1ccc(S(=O)(=O)N2CCC(C(=O)Nc3ccc(S(N)(=O)=O)cc3)CC2)cc1. The number of carbonyl (C=O) groups excluding carboxylic acids is 1. The van der Waals surface area contributed by atoms with Gasteiger partial charge in [0.15, 0.2) is 0 Å². The zero-order chi connectivity index (χ0) is 23.5. The summed E-state index contributed by atoms with van der Waals surface area (Å²) in [5.41, 5.74) is 1.57. The van der Waals surface area contributed by atoms with E-state index in [4.69, 9.17) is 5.14 Å². The monoisotopic (exact) mass is 479 g/mol. The maximum Gasteiger partial charge on any atom is 0.243 e. The number of primary sulfonamides is 1. The lowest BCUT2D eigenvalue weighted by Crippen LogP contribution is -2.41. The molecule has 2 aromatic carbocycles. The van der Waals surface area contributed by atoms with Crippen molar-refractivity contribution >= 4 is 31.6 Å². The van der Waals surface area contributed by atoms with Crippen molar-refractivity contribution in [3.8, 4) is 0 Å². The van der Waals surface area contributed by atoms with Crippen LogP contribution in [0.25, 0.3) is 0 Å². The van der Waals surface area contributed by atoms with E-state index in [-0.39, 0.29) is 34.7 Å². The van der Waals surface area contributed by atoms with Crippen LogP contribution < -0.4 is 10.5 Å². The maximum absolute atomic E-state index is 13.0. The molecule has 0 bridgehead atoms. The zero-order valence-electron chi connectivity index (χ0n) is 18.2. The third-order valence-electron chi connectivity index (χ3n) is 5.97. The Labute approximate surface area is 189 Å². The minimum Gasteiger partial charge on any atom is -0.326 e. The van der Waals surface area contributed by atoms with Gasteiger partial charge in [-0.25, -0.2) is 22.0 Å². The van der Waals surface area contributed by atoms with Crippen LogP contribution in [0.1, 0.15) is 44.6 Å². The second-order valence-electron chi connectivity index (χ2n) is 8.12. The summed E-state index contributed by atoms with van der Waals surface area (Å²) in [5, 5.41) is 7.83. The highest BCUT2D eigenvalue weighted by Crippen LogP contribution is 2.27. The summed E-state index contributed by atoms with van der Waals surface area (Å²) in [7, 11) is -7.40. The molecule has 10 heteroatoms. The van der Waals surface area contributed by atoms with Crippen LogP contribution in [0.2, 0.25) is 0 Å². The van der Waals surface area contributed by atoms with Crippen LogP contribution in [-0.2, 0) is 24.8 Å². The topological polar surface area (TPSA) is 127 Å². The number of anilines is 1. The minimum atomic E-state index is -3.79. The number of carbonyl (C=O) groups is 1. The molecule has 0 aromatic heterocycles. The third kappa shape index (κ3) is 5.55. The highest BCUT2D eigenvalue weighted by Gasteiger charge is 2.32. The Morgan fingerprint density at radius 3 is 2.03 bits per heavy atom. The van der Waals surface area contributed by atoms with Crippen molar-refractivity contribution in [3.63, 3.8) is 0 Å². The van der Waals surface area contributed by atoms with Crippen molar-refractivity contribution in [3.05, 3.63) is 54.1 Å². The molecule has 0 aliphatic carbocycles. The van der Waals surface area contributed by atoms with E-state index >= 15 is 0 Å². The Kier molecular flexibility index (Phi) is 7.39. The second-order valence-corrected chi connectivity index (χ2v) is 11.6. The number of nitrogens with two attached hydrogens (primary N) is 1. The number of hydrogen-bond acceptors (Lipinski definition) is 5. The van der Waals surface area contributed by atoms with Crippen molar-refractivity contribution < 1.29 is 21.6 Å². The standard InChI is InChI=1S/C22H29N3O5S2/c1-3-16(2)17-4-8-21(9-5-17)32(29,30)25-14-12-18(13-15-25)22(26)24-19-6-10-20(11-7-19)31(23,27)28/h4-11,16,18H,3,12-15H2,1-2H3,(H,24,26)(H2,23,27,28). The van der Waals surface area contributed by atoms with Crippen molar-refractivity contribution in [1.29, 1.82) is 0 Å². The molecule has 1 aliphatic heterocycles. The zero-order valence-corrected chi connectivity index (χ0v) is 19.8. The summed E-state index contributed by atoms with van der Waals surface area (Å²) >= 11 is 0. The van der Waals surface area contributed by atoms with Gasteiger partial charge in [-0.05, 0) is 67.1 Å². The van der Waals surface area contributed by atoms with Crippen molar-refractivity contribution in [2.75, 3.05) is 18.4 Å². The molecule has 0 radical (unpaired) electrons. The fraction of sp³-hybridized carbons (Fsp3) is 0.409. The molecule has 1 fully saturated rings. The molecule has 1 atom stereocenters. The Balaban J connectivity index is 1.59. The Morgan fingerprint density at radius 2 is 1.53 bits per heavy atom. The number of benzene rings is 2. The number of hydrogen-bond donors (Lipinski definition) is 2. The predicted octanol–water partition coefficient (Wildman–Crippen LogP) is 2.89. The highest BCUT2D eigenvalue weighted by molar-refractivity contribution is 7.89. The summed E-state index contributed by atoms with van der Waals surface area (Å²) in [6, 6.07) is 12.6. The molecule has 1 saturated heterocycles. The van der Waals surface area contributed by atoms with Gasteiger partial charge in [0.1, 0.15) is 0 Å². The maximum atomic E-state index is 13.0. The fourth-order valence-corrected chi connectivity index (χ4v) is 5.67. The molecule has 0 spiro atoms. The molecule has 32 heavy (non-hydrogen) atoms. The van der Waals surface area contributed by atoms with Crippen LogP contribution in [0.3, 0.4) is 0 Å². The largest absolute Gasteiger partial charge is 0.326 e. The summed E-state index contributed by atoms with van der Waals surface area (Å²) in [4.78, 5) is 12.8. The fourth-order valence-electron chi connectivity index (χ4n) is 3.68. The van der Waals surface area contributed by atoms with E-state index in [9.17, 15) is 21.6 Å². The average molecular weight is 480 g/mol. The van der Waals surface area contributed by atoms with Crippen LogP contribution in [0.4, 0.5) is 5.69 Å². The van der Waals surface area contributed by atoms with Gasteiger partial charge in [-0.3, -0.25) is 4.79 Å². The van der Waals surface area contributed by atoms with E-state index in [1.54, 1.807) is 12.1 Å². The van der Waals surface area contributed by atoms with Crippen molar-refractivity contribution in [1.82, 2.24) is 4.31 Å². The lowest BCUT2D eigenvalue weighted by molar-refractivity contribution is -0.120. The molecule has 1 heterocycles. The van der Waals surface area contributed by atoms with Crippen LogP contribution in [-0.4, -0.2) is 40.1 Å². The van der Waals surface area contributed by atoms with Gasteiger partial charge < -0.3 is 5.32 Å². The van der Waals surface area contributed by atoms with Gasteiger partial charge in [0.2, 0.25) is 26.0 Å². The highest BCUT2D eigenvalue weighted by atomic mass is 32.2. The first-order valence-electron chi connectivity index (χ1n) is 10.6. The van der Waals surface area contributed by atoms with E-state index in [2.05, 4.69) is 19.2 Å². The lowest BCUT2D eigenvalue weighted by atomic mass is 9.97. The van der Waals surface area contributed by atoms with Gasteiger partial charge in [-0.1, -0.05) is 26.0 Å². The molecule has 8 nitrogen and oxygen atoms in total. The number of amides is 1. The molecular formula is C22H29N3O5S2. The normalized spacial score (nSPS) is 17.1. The summed E-state index contributed by atoms with van der Waals surface area (Å²) < 4.78 is 50.0. The Bertz CT molecular complexity index is 1150. The second kappa shape index (κ2) is 9.70. The van der Waals surface area contributed by atoms with Crippen LogP contribution in [0.15, 0.2) is 58.3 Å². The first-order chi connectivity index (χ1) is 15.0. The smallest absolute Gasteiger partial charge is 0.243 e. The van der Waals surface area contributed by atoms with Gasteiger partial charge in [0, 0.05) is 24.7 Å². The van der Waals surface area contributed by atoms with Crippen molar-refractivity contribution in [2.24, 2.45) is 11.1 Å². The summed E-state index contributed by atoms with van der Waals surface area (Å²) in [6.07, 6.45) is 1.80. The molecule has 0 saturated carbocycles. The first kappa shape index (κ1) is 24.4. The van der Waals surface area contributed by atoms with E-state index in [0.29, 0.717) is 24.4 Å². The molecule has 1 unspecified atom stereocenters. The molecular weight excluding hydrogens is 450 g/mol. The van der Waals surface area contributed by atoms with E-state index in [1.165, 1.54) is 28.6 Å². The molecule has 1 amide bonds. The third-order valence-corrected chi connectivity index (χ3v) is 8.82. The van der Waals surface area contributed by atoms with Gasteiger partial charge >= 0.3 is 0 Å². The number of piperidine rings is 1. The van der Waals surface area contributed by atoms with E-state index in [0.717, 1.165) is 12.0 Å². The van der Waals surface area contributed by atoms with Gasteiger partial charge in [-0.2, -0.15) is 4.31 Å². The van der Waals surface area contributed by atoms with Crippen LogP contribution >= 0.6 is 0 Å². The Morgan fingerprint density at radius 1 is 1.00 bits per heavy atom. The number of sulfonamides is 2. The summed E-state index contributed by atoms with van der Waals surface area (Å²) in [5.74, 6) is -0.174. The molecule has 174 valence electrons. The van der Waals surface area contributed by atoms with Gasteiger partial charge in [0.05, 0.1) is 9.79 Å². The van der Waals surface area contributed by atoms with Crippen molar-refractivity contribution in [2.45, 2.75) is 48.8 Å². The molecule has 1 aliphatic rings.